The van der Waals surface area contributed by atoms with Crippen LogP contribution in [0.2, 0.25) is 0 Å². The molecule has 2 aromatic rings. The minimum absolute atomic E-state index is 0.199. The van der Waals surface area contributed by atoms with Gasteiger partial charge in [0, 0.05) is 24.4 Å². The molecule has 0 amide bonds. The van der Waals surface area contributed by atoms with E-state index in [0.29, 0.717) is 12.2 Å². The second-order valence-corrected chi connectivity index (χ2v) is 3.83. The third-order valence-electron chi connectivity index (χ3n) is 2.47. The summed E-state index contributed by atoms with van der Waals surface area (Å²) in [5.41, 5.74) is 14.1. The Balaban J connectivity index is 2.19. The maximum Gasteiger partial charge on any atom is 0.222 e. The molecule has 5 heteroatoms. The van der Waals surface area contributed by atoms with Gasteiger partial charge in [-0.25, -0.2) is 4.98 Å². The molecule has 0 spiro atoms. The van der Waals surface area contributed by atoms with Crippen LogP contribution in [0.1, 0.15) is 23.9 Å². The van der Waals surface area contributed by atoms with Crippen molar-refractivity contribution >= 4 is 11.8 Å². The number of aromatic nitrogens is 3. The summed E-state index contributed by atoms with van der Waals surface area (Å²) >= 11 is 0. The Morgan fingerprint density at radius 1 is 1.12 bits per heavy atom. The Labute approximate surface area is 99.9 Å². The third kappa shape index (κ3) is 2.90. The zero-order valence-electron chi connectivity index (χ0n) is 9.72. The van der Waals surface area contributed by atoms with Crippen LogP contribution in [0.15, 0.2) is 24.4 Å². The molecular formula is C12H15N5. The molecule has 2 heterocycles. The van der Waals surface area contributed by atoms with Crippen molar-refractivity contribution in [3.63, 3.8) is 0 Å². The lowest BCUT2D eigenvalue weighted by atomic mass is 10.1. The number of anilines is 2. The highest BCUT2D eigenvalue weighted by molar-refractivity contribution is 5.37. The van der Waals surface area contributed by atoms with Gasteiger partial charge in [0.2, 0.25) is 5.95 Å². The number of nitrogen functional groups attached to an aromatic ring is 2. The summed E-state index contributed by atoms with van der Waals surface area (Å²) < 4.78 is 0. The molecule has 0 radical (unpaired) electrons. The monoisotopic (exact) mass is 229 g/mol. The van der Waals surface area contributed by atoms with Crippen molar-refractivity contribution in [1.29, 1.82) is 0 Å². The first-order valence-corrected chi connectivity index (χ1v) is 5.50. The lowest BCUT2D eigenvalue weighted by Crippen LogP contribution is -2.04. The third-order valence-corrected chi connectivity index (χ3v) is 2.47. The standard InChI is InChI=1S/C12H15N5/c1-2-8-3-4-9(15-7-8)5-10-6-11(13)17-12(14)16-10/h3-4,6-7H,2,5H2,1H3,(H4,13,14,16,17). The maximum absolute atomic E-state index is 5.61. The second-order valence-electron chi connectivity index (χ2n) is 3.83. The SMILES string of the molecule is CCc1ccc(Cc2cc(N)nc(N)n2)nc1. The molecule has 4 N–H and O–H groups in total. The van der Waals surface area contributed by atoms with Crippen molar-refractivity contribution in [2.75, 3.05) is 11.5 Å². The minimum atomic E-state index is 0.199. The molecule has 0 saturated carbocycles. The van der Waals surface area contributed by atoms with Gasteiger partial charge in [0.1, 0.15) is 5.82 Å². The van der Waals surface area contributed by atoms with Crippen LogP contribution >= 0.6 is 0 Å². The number of hydrogen-bond donors (Lipinski definition) is 2. The van der Waals surface area contributed by atoms with E-state index in [0.717, 1.165) is 17.8 Å². The van der Waals surface area contributed by atoms with E-state index in [1.807, 2.05) is 12.3 Å². The smallest absolute Gasteiger partial charge is 0.222 e. The Bertz CT molecular complexity index is 487. The number of nitrogens with two attached hydrogens (primary N) is 2. The molecule has 0 aliphatic rings. The average Bonchev–Trinajstić information content (AvgIpc) is 2.28. The molecule has 2 aromatic heterocycles. The predicted molar refractivity (Wildman–Crippen MR) is 67.3 cm³/mol. The van der Waals surface area contributed by atoms with Gasteiger partial charge < -0.3 is 11.5 Å². The number of hydrogen-bond acceptors (Lipinski definition) is 5. The van der Waals surface area contributed by atoms with E-state index in [1.165, 1.54) is 5.56 Å². The fraction of sp³-hybridized carbons (Fsp3) is 0.250. The molecule has 88 valence electrons. The second kappa shape index (κ2) is 4.78. The highest BCUT2D eigenvalue weighted by Crippen LogP contribution is 2.10. The maximum atomic E-state index is 5.61. The molecule has 0 aliphatic carbocycles. The van der Waals surface area contributed by atoms with E-state index in [4.69, 9.17) is 11.5 Å². The van der Waals surface area contributed by atoms with E-state index in [-0.39, 0.29) is 5.95 Å². The van der Waals surface area contributed by atoms with Crippen LogP contribution in [0, 0.1) is 0 Å². The summed E-state index contributed by atoms with van der Waals surface area (Å²) in [7, 11) is 0. The summed E-state index contributed by atoms with van der Waals surface area (Å²) in [6.45, 7) is 2.10. The van der Waals surface area contributed by atoms with Crippen molar-refractivity contribution in [3.8, 4) is 0 Å². The van der Waals surface area contributed by atoms with Crippen molar-refractivity contribution in [3.05, 3.63) is 41.3 Å². The van der Waals surface area contributed by atoms with Gasteiger partial charge in [-0.15, -0.1) is 0 Å². The first kappa shape index (κ1) is 11.3. The molecule has 0 atom stereocenters. The van der Waals surface area contributed by atoms with Gasteiger partial charge in [0.15, 0.2) is 0 Å². The number of aryl methyl sites for hydroxylation is 1. The molecule has 5 nitrogen and oxygen atoms in total. The molecule has 0 aromatic carbocycles. The van der Waals surface area contributed by atoms with Gasteiger partial charge in [-0.2, -0.15) is 4.98 Å². The first-order chi connectivity index (χ1) is 8.17. The van der Waals surface area contributed by atoms with E-state index >= 15 is 0 Å². The summed E-state index contributed by atoms with van der Waals surface area (Å²) in [6.07, 6.45) is 3.48. The van der Waals surface area contributed by atoms with Crippen molar-refractivity contribution in [1.82, 2.24) is 15.0 Å². The van der Waals surface area contributed by atoms with Crippen molar-refractivity contribution < 1.29 is 0 Å². The van der Waals surface area contributed by atoms with Gasteiger partial charge in [-0.05, 0) is 18.1 Å². The van der Waals surface area contributed by atoms with Crippen molar-refractivity contribution in [2.24, 2.45) is 0 Å². The van der Waals surface area contributed by atoms with Crippen LogP contribution in [0.4, 0.5) is 11.8 Å². The topological polar surface area (TPSA) is 90.7 Å². The highest BCUT2D eigenvalue weighted by atomic mass is 15.0. The fourth-order valence-corrected chi connectivity index (χ4v) is 1.58. The normalized spacial score (nSPS) is 10.4. The summed E-state index contributed by atoms with van der Waals surface area (Å²) in [6, 6.07) is 5.77. The van der Waals surface area contributed by atoms with Gasteiger partial charge in [-0.1, -0.05) is 13.0 Å². The summed E-state index contributed by atoms with van der Waals surface area (Å²) in [4.78, 5) is 12.3. The molecule has 0 saturated heterocycles. The Morgan fingerprint density at radius 2 is 1.94 bits per heavy atom. The molecule has 0 aliphatic heterocycles. The molecule has 0 fully saturated rings. The van der Waals surface area contributed by atoms with E-state index in [9.17, 15) is 0 Å². The van der Waals surface area contributed by atoms with Crippen LogP contribution in [-0.4, -0.2) is 15.0 Å². The first-order valence-electron chi connectivity index (χ1n) is 5.50. The van der Waals surface area contributed by atoms with Crippen LogP contribution in [0.3, 0.4) is 0 Å². The molecule has 2 rings (SSSR count). The highest BCUT2D eigenvalue weighted by Gasteiger charge is 2.02. The lowest BCUT2D eigenvalue weighted by molar-refractivity contribution is 0.982. The zero-order chi connectivity index (χ0) is 12.3. The van der Waals surface area contributed by atoms with Crippen LogP contribution < -0.4 is 11.5 Å². The van der Waals surface area contributed by atoms with Gasteiger partial charge in [0.05, 0.1) is 5.69 Å². The van der Waals surface area contributed by atoms with E-state index in [2.05, 4.69) is 27.9 Å². The van der Waals surface area contributed by atoms with Gasteiger partial charge >= 0.3 is 0 Å². The summed E-state index contributed by atoms with van der Waals surface area (Å²) in [5.74, 6) is 0.586. The van der Waals surface area contributed by atoms with Crippen LogP contribution in [0.5, 0.6) is 0 Å². The Kier molecular flexibility index (Phi) is 3.18. The Morgan fingerprint density at radius 3 is 2.53 bits per heavy atom. The lowest BCUT2D eigenvalue weighted by Gasteiger charge is -2.03. The van der Waals surface area contributed by atoms with Crippen molar-refractivity contribution in [2.45, 2.75) is 19.8 Å². The zero-order valence-corrected chi connectivity index (χ0v) is 9.72. The fourth-order valence-electron chi connectivity index (χ4n) is 1.58. The largest absolute Gasteiger partial charge is 0.384 e. The number of rotatable bonds is 3. The van der Waals surface area contributed by atoms with E-state index < -0.39 is 0 Å². The Hall–Kier alpha value is -2.17. The minimum Gasteiger partial charge on any atom is -0.384 e. The molecule has 0 bridgehead atoms. The quantitative estimate of drug-likeness (QED) is 0.825. The molecular weight excluding hydrogens is 214 g/mol. The number of pyridine rings is 1. The van der Waals surface area contributed by atoms with Gasteiger partial charge in [-0.3, -0.25) is 4.98 Å². The van der Waals surface area contributed by atoms with Crippen LogP contribution in [-0.2, 0) is 12.8 Å². The summed E-state index contributed by atoms with van der Waals surface area (Å²) in [5, 5.41) is 0. The molecule has 17 heavy (non-hydrogen) atoms. The molecule has 0 unspecified atom stereocenters. The number of nitrogens with zero attached hydrogens (tertiary/aromatic N) is 3. The van der Waals surface area contributed by atoms with E-state index in [1.54, 1.807) is 6.07 Å². The predicted octanol–water partition coefficient (Wildman–Crippen LogP) is 1.19. The van der Waals surface area contributed by atoms with Crippen LogP contribution in [0.25, 0.3) is 0 Å². The average molecular weight is 229 g/mol. The van der Waals surface area contributed by atoms with Gasteiger partial charge in [0.25, 0.3) is 0 Å².